The van der Waals surface area contributed by atoms with Crippen LogP contribution in [0.25, 0.3) is 0 Å². The highest BCUT2D eigenvalue weighted by atomic mass is 32.2. The van der Waals surface area contributed by atoms with Gasteiger partial charge in [0.25, 0.3) is 0 Å². The van der Waals surface area contributed by atoms with E-state index in [1.807, 2.05) is 0 Å². The van der Waals surface area contributed by atoms with Crippen LogP contribution in [0.15, 0.2) is 0 Å². The van der Waals surface area contributed by atoms with E-state index in [1.54, 1.807) is 0 Å². The lowest BCUT2D eigenvalue weighted by atomic mass is 9.49. The third-order valence-corrected chi connectivity index (χ3v) is 6.25. The Kier molecular flexibility index (Phi) is 4.61. The molecule has 4 nitrogen and oxygen atoms in total. The van der Waals surface area contributed by atoms with E-state index in [0.717, 1.165) is 19.3 Å². The highest BCUT2D eigenvalue weighted by molar-refractivity contribution is 7.97. The average molecular weight is 353 g/mol. The van der Waals surface area contributed by atoms with Gasteiger partial charge in [0.1, 0.15) is 6.61 Å². The van der Waals surface area contributed by atoms with Gasteiger partial charge in [-0.3, -0.25) is 4.79 Å². The first kappa shape index (κ1) is 17.4. The van der Waals surface area contributed by atoms with Gasteiger partial charge in [0.05, 0.1) is 23.4 Å². The van der Waals surface area contributed by atoms with E-state index in [2.05, 4.69) is 0 Å². The maximum Gasteiger partial charge on any atom is 0.458 e. The fourth-order valence-corrected chi connectivity index (χ4v) is 5.42. The molecular formula is C15H22F3NO3S. The summed E-state index contributed by atoms with van der Waals surface area (Å²) in [5.41, 5.74) is -4.99. The minimum absolute atomic E-state index is 0.104. The van der Waals surface area contributed by atoms with Crippen LogP contribution in [0.5, 0.6) is 0 Å². The number of hydroxylamine groups is 1. The van der Waals surface area contributed by atoms with E-state index in [4.69, 9.17) is 4.74 Å². The molecule has 0 aromatic heterocycles. The Morgan fingerprint density at radius 1 is 1.26 bits per heavy atom. The van der Waals surface area contributed by atoms with Crippen molar-refractivity contribution >= 4 is 17.9 Å². The van der Waals surface area contributed by atoms with Crippen LogP contribution in [-0.2, 0) is 9.53 Å². The van der Waals surface area contributed by atoms with Crippen LogP contribution in [0.2, 0.25) is 0 Å². The summed E-state index contributed by atoms with van der Waals surface area (Å²) in [4.78, 5) is 12.6. The Morgan fingerprint density at radius 2 is 1.74 bits per heavy atom. The molecule has 4 saturated carbocycles. The van der Waals surface area contributed by atoms with Crippen LogP contribution < -0.4 is 0 Å². The minimum atomic E-state index is -4.56. The van der Waals surface area contributed by atoms with E-state index >= 15 is 0 Å². The minimum Gasteiger partial charge on any atom is -0.463 e. The molecule has 1 atom stereocenters. The fraction of sp³-hybridized carbons (Fsp3) is 0.933. The van der Waals surface area contributed by atoms with Crippen molar-refractivity contribution in [3.8, 4) is 0 Å². The Balaban J connectivity index is 1.53. The molecule has 0 spiro atoms. The van der Waals surface area contributed by atoms with Crippen molar-refractivity contribution in [2.75, 3.05) is 6.61 Å². The highest BCUT2D eigenvalue weighted by Crippen LogP contribution is 2.60. The average Bonchev–Trinajstić information content (AvgIpc) is 2.40. The zero-order valence-corrected chi connectivity index (χ0v) is 13.8. The molecular weight excluding hydrogens is 331 g/mol. The van der Waals surface area contributed by atoms with Crippen molar-refractivity contribution in [3.63, 3.8) is 0 Å². The Hall–Kier alpha value is -0.470. The number of halogens is 3. The number of carbonyl (C=O) groups is 1. The van der Waals surface area contributed by atoms with Gasteiger partial charge in [-0.2, -0.15) is 13.2 Å². The number of alkyl halides is 3. The molecule has 8 heteroatoms. The van der Waals surface area contributed by atoms with Gasteiger partial charge in [-0.1, -0.05) is 0 Å². The number of hydrogen-bond donors (Lipinski definition) is 1. The first-order valence-electron chi connectivity index (χ1n) is 8.08. The molecule has 4 fully saturated rings. The first-order chi connectivity index (χ1) is 10.7. The summed E-state index contributed by atoms with van der Waals surface area (Å²) in [7, 11) is 0. The van der Waals surface area contributed by atoms with Crippen LogP contribution in [0, 0.1) is 23.2 Å². The molecule has 1 unspecified atom stereocenters. The zero-order chi connectivity index (χ0) is 16.8. The van der Waals surface area contributed by atoms with Gasteiger partial charge in [-0.25, -0.2) is 0 Å². The smallest absolute Gasteiger partial charge is 0.458 e. The summed E-state index contributed by atoms with van der Waals surface area (Å²) >= 11 is -0.626. The second kappa shape index (κ2) is 6.11. The van der Waals surface area contributed by atoms with E-state index in [0.29, 0.717) is 17.8 Å². The van der Waals surface area contributed by atoms with Crippen molar-refractivity contribution in [3.05, 3.63) is 0 Å². The SMILES string of the molecule is CC(COC(=O)C12CC3CC(CC(C3)C1)C2)N(O)SC(F)(F)F. The van der Waals surface area contributed by atoms with Gasteiger partial charge < -0.3 is 9.94 Å². The Bertz CT molecular complexity index is 436. The molecule has 0 heterocycles. The Labute approximate surface area is 137 Å². The molecule has 0 saturated heterocycles. The predicted octanol–water partition coefficient (Wildman–Crippen LogP) is 3.99. The van der Waals surface area contributed by atoms with Crippen molar-refractivity contribution in [2.45, 2.75) is 57.0 Å². The molecule has 1 N–H and O–H groups in total. The lowest BCUT2D eigenvalue weighted by Crippen LogP contribution is -2.51. The lowest BCUT2D eigenvalue weighted by Gasteiger charge is -2.55. The van der Waals surface area contributed by atoms with Gasteiger partial charge in [0, 0.05) is 0 Å². The standard InChI is InChI=1S/C15H22F3NO3S/c1-9(19(21)23-15(16,17)18)8-22-13(20)14-5-10-2-11(6-14)4-12(3-10)7-14/h9-12,21H,2-8H2,1H3. The van der Waals surface area contributed by atoms with Gasteiger partial charge in [0.15, 0.2) is 0 Å². The van der Waals surface area contributed by atoms with Gasteiger partial charge in [-0.15, -0.1) is 4.47 Å². The molecule has 0 aromatic rings. The summed E-state index contributed by atoms with van der Waals surface area (Å²) in [5.74, 6) is 1.51. The number of esters is 1. The van der Waals surface area contributed by atoms with E-state index in [1.165, 1.54) is 26.2 Å². The molecule has 0 aliphatic heterocycles. The largest absolute Gasteiger partial charge is 0.463 e. The highest BCUT2D eigenvalue weighted by Gasteiger charge is 2.55. The van der Waals surface area contributed by atoms with Gasteiger partial charge >= 0.3 is 11.5 Å². The van der Waals surface area contributed by atoms with Crippen LogP contribution >= 0.6 is 11.9 Å². The summed E-state index contributed by atoms with van der Waals surface area (Å²) in [6, 6.07) is -0.917. The second-order valence-electron chi connectivity index (χ2n) is 7.48. The van der Waals surface area contributed by atoms with Crippen molar-refractivity contribution < 1.29 is 27.9 Å². The van der Waals surface area contributed by atoms with Crippen LogP contribution in [0.4, 0.5) is 13.2 Å². The summed E-state index contributed by atoms with van der Waals surface area (Å²) in [5, 5.41) is 9.39. The number of hydrogen-bond acceptors (Lipinski definition) is 5. The maximum atomic E-state index is 12.6. The molecule has 4 rings (SSSR count). The lowest BCUT2D eigenvalue weighted by molar-refractivity contribution is -0.174. The van der Waals surface area contributed by atoms with Crippen molar-refractivity contribution in [1.29, 1.82) is 0 Å². The predicted molar refractivity (Wildman–Crippen MR) is 78.3 cm³/mol. The summed E-state index contributed by atoms with van der Waals surface area (Å²) in [6.07, 6.45) is 6.17. The fourth-order valence-electron chi connectivity index (χ4n) is 4.97. The first-order valence-corrected chi connectivity index (χ1v) is 8.85. The molecule has 132 valence electrons. The quantitative estimate of drug-likeness (QED) is 0.460. The van der Waals surface area contributed by atoms with Gasteiger partial charge in [0.2, 0.25) is 0 Å². The molecule has 4 aliphatic carbocycles. The molecule has 0 aromatic carbocycles. The number of rotatable bonds is 5. The molecule has 4 aliphatic rings. The van der Waals surface area contributed by atoms with E-state index in [9.17, 15) is 23.2 Å². The monoisotopic (exact) mass is 353 g/mol. The van der Waals surface area contributed by atoms with Crippen molar-refractivity contribution in [1.82, 2.24) is 4.47 Å². The summed E-state index contributed by atoms with van der Waals surface area (Å²) < 4.78 is 42.1. The topological polar surface area (TPSA) is 49.8 Å². The van der Waals surface area contributed by atoms with Crippen LogP contribution in [-0.4, -0.2) is 33.8 Å². The molecule has 23 heavy (non-hydrogen) atoms. The molecule has 0 amide bonds. The second-order valence-corrected chi connectivity index (χ2v) is 8.50. The zero-order valence-electron chi connectivity index (χ0n) is 13.0. The third-order valence-electron chi connectivity index (χ3n) is 5.50. The number of ether oxygens (including phenoxy) is 1. The van der Waals surface area contributed by atoms with E-state index in [-0.39, 0.29) is 17.0 Å². The normalized spacial score (nSPS) is 37.2. The maximum absolute atomic E-state index is 12.6. The molecule has 0 radical (unpaired) electrons. The third kappa shape index (κ3) is 3.79. The number of carbonyl (C=O) groups excluding carboxylic acids is 1. The number of nitrogens with zero attached hydrogens (tertiary/aromatic N) is 1. The van der Waals surface area contributed by atoms with Crippen LogP contribution in [0.3, 0.4) is 0 Å². The van der Waals surface area contributed by atoms with E-state index < -0.39 is 28.9 Å². The van der Waals surface area contributed by atoms with Crippen LogP contribution in [0.1, 0.15) is 45.4 Å². The van der Waals surface area contributed by atoms with Gasteiger partial charge in [-0.05, 0) is 63.2 Å². The van der Waals surface area contributed by atoms with Crippen molar-refractivity contribution in [2.24, 2.45) is 23.2 Å². The Morgan fingerprint density at radius 3 is 2.17 bits per heavy atom. The summed E-state index contributed by atoms with van der Waals surface area (Å²) in [6.45, 7) is 1.16. The molecule has 4 bridgehead atoms.